The van der Waals surface area contributed by atoms with Gasteiger partial charge in [-0.1, -0.05) is 247 Å². The van der Waals surface area contributed by atoms with Crippen molar-refractivity contribution in [1.29, 1.82) is 0 Å². The molecule has 0 saturated carbocycles. The molecule has 0 atom stereocenters. The van der Waals surface area contributed by atoms with Crippen LogP contribution in [0.5, 0.6) is 11.5 Å². The summed E-state index contributed by atoms with van der Waals surface area (Å²) in [4.78, 5) is 9.82. The molecule has 0 amide bonds. The van der Waals surface area contributed by atoms with Gasteiger partial charge in [-0.2, -0.15) is 6.07 Å². The molecule has 426 valence electrons. The summed E-state index contributed by atoms with van der Waals surface area (Å²) < 4.78 is 9.70. The molecule has 5 nitrogen and oxygen atoms in total. The first-order valence-corrected chi connectivity index (χ1v) is 29.8. The van der Waals surface area contributed by atoms with Gasteiger partial charge in [-0.3, -0.25) is 0 Å². The molecule has 0 bridgehead atoms. The van der Waals surface area contributed by atoms with E-state index in [1.165, 1.54) is 33.4 Å². The molecule has 11 aromatic carbocycles. The standard InChI is InChI=1S/C81H63N4O.Pt/c1-79(2,3)58-44-45-82-76(50-58)85-75-52-62(42-43-67(75)68-37-25-36-64(78(68)85)54-26-11-7-12-27-54)86-63-47-60(81(57-32-17-10-18-33-57)71-38-21-19-34-65(71)66-35-20-22-39-72(66)81)46-61(51-63)83-53-84(74-41-24-23-40-73(74)83)77-69(55-28-13-8-14-29-55)48-59(80(4,5)6)49-70(77)56-30-15-9-16-31-56;/h7-50,53H,1-6H3;/q-3;. The Bertz CT molecular complexity index is 4630. The van der Waals surface area contributed by atoms with Crippen molar-refractivity contribution in [2.45, 2.75) is 57.8 Å². The third kappa shape index (κ3) is 9.39. The summed E-state index contributed by atoms with van der Waals surface area (Å²) in [5, 5.41) is 2.16. The fraction of sp³-hybridized carbons (Fsp3) is 0.111. The number of hydrogen-bond acceptors (Lipinski definition) is 4. The summed E-state index contributed by atoms with van der Waals surface area (Å²) in [6, 6.07) is 102. The van der Waals surface area contributed by atoms with E-state index in [1.807, 2.05) is 6.20 Å². The predicted octanol–water partition coefficient (Wildman–Crippen LogP) is 20.9. The molecule has 6 heteroatoms. The van der Waals surface area contributed by atoms with Crippen molar-refractivity contribution in [2.75, 3.05) is 9.80 Å². The first-order chi connectivity index (χ1) is 41.9. The van der Waals surface area contributed by atoms with Gasteiger partial charge in [0.2, 0.25) is 0 Å². The molecule has 3 heterocycles. The van der Waals surface area contributed by atoms with E-state index in [1.54, 1.807) is 0 Å². The summed E-state index contributed by atoms with van der Waals surface area (Å²) in [6.07, 6.45) is 1.93. The Morgan fingerprint density at radius 2 is 0.954 bits per heavy atom. The predicted molar refractivity (Wildman–Crippen MR) is 355 cm³/mol. The molecule has 2 aromatic heterocycles. The molecule has 87 heavy (non-hydrogen) atoms. The van der Waals surface area contributed by atoms with Crippen LogP contribution in [0.15, 0.2) is 267 Å². The molecule has 0 unspecified atom stereocenters. The monoisotopic (exact) mass is 1300 g/mol. The maximum Gasteiger partial charge on any atom is 0.135 e. The van der Waals surface area contributed by atoms with Gasteiger partial charge in [-0.05, 0) is 108 Å². The van der Waals surface area contributed by atoms with Gasteiger partial charge < -0.3 is 19.1 Å². The van der Waals surface area contributed by atoms with E-state index < -0.39 is 5.41 Å². The van der Waals surface area contributed by atoms with Crippen LogP contribution in [-0.4, -0.2) is 9.55 Å². The van der Waals surface area contributed by atoms with Crippen LogP contribution in [-0.2, 0) is 37.3 Å². The van der Waals surface area contributed by atoms with Crippen LogP contribution in [0.25, 0.3) is 72.1 Å². The summed E-state index contributed by atoms with van der Waals surface area (Å²) in [5.41, 5.74) is 21.2. The zero-order valence-corrected chi connectivity index (χ0v) is 51.8. The minimum absolute atomic E-state index is 0. The van der Waals surface area contributed by atoms with Gasteiger partial charge in [0.25, 0.3) is 0 Å². The zero-order chi connectivity index (χ0) is 58.3. The second kappa shape index (κ2) is 21.8. The molecule has 0 radical (unpaired) electrons. The molecule has 2 aliphatic rings. The molecule has 15 rings (SSSR count). The van der Waals surface area contributed by atoms with E-state index in [0.717, 1.165) is 94.9 Å². The van der Waals surface area contributed by atoms with Crippen LogP contribution < -0.4 is 14.5 Å². The molecule has 0 spiro atoms. The van der Waals surface area contributed by atoms with Gasteiger partial charge in [-0.25, -0.2) is 4.98 Å². The van der Waals surface area contributed by atoms with Crippen molar-refractivity contribution >= 4 is 44.6 Å². The van der Waals surface area contributed by atoms with Crippen LogP contribution in [0.4, 0.5) is 22.7 Å². The molecule has 13 aromatic rings. The van der Waals surface area contributed by atoms with Crippen molar-refractivity contribution in [1.82, 2.24) is 9.55 Å². The van der Waals surface area contributed by atoms with Crippen molar-refractivity contribution < 1.29 is 25.8 Å². The number of fused-ring (bicyclic) bond motifs is 7. The minimum atomic E-state index is -0.753. The number of nitrogens with zero attached hydrogens (tertiary/aromatic N) is 4. The molecule has 0 saturated heterocycles. The van der Waals surface area contributed by atoms with E-state index in [9.17, 15) is 0 Å². The van der Waals surface area contributed by atoms with Crippen molar-refractivity contribution in [3.8, 4) is 61.8 Å². The number of para-hydroxylation sites is 3. The smallest absolute Gasteiger partial charge is 0.135 e. The number of pyridine rings is 1. The van der Waals surface area contributed by atoms with Crippen molar-refractivity contribution in [2.24, 2.45) is 0 Å². The Kier molecular flexibility index (Phi) is 13.8. The summed E-state index contributed by atoms with van der Waals surface area (Å²) in [5.74, 6) is 1.93. The van der Waals surface area contributed by atoms with E-state index in [-0.39, 0.29) is 31.9 Å². The zero-order valence-electron chi connectivity index (χ0n) is 49.5. The second-order valence-electron chi connectivity index (χ2n) is 24.8. The average Bonchev–Trinajstić information content (AvgIpc) is 1.60. The van der Waals surface area contributed by atoms with Gasteiger partial charge in [0.1, 0.15) is 5.82 Å². The van der Waals surface area contributed by atoms with E-state index in [0.29, 0.717) is 11.5 Å². The van der Waals surface area contributed by atoms with Gasteiger partial charge in [-0.15, -0.1) is 53.6 Å². The van der Waals surface area contributed by atoms with E-state index >= 15 is 0 Å². The van der Waals surface area contributed by atoms with Crippen LogP contribution in [0, 0.1) is 18.8 Å². The third-order valence-electron chi connectivity index (χ3n) is 17.5. The summed E-state index contributed by atoms with van der Waals surface area (Å²) in [7, 11) is 0. The van der Waals surface area contributed by atoms with E-state index in [4.69, 9.17) is 9.72 Å². The summed E-state index contributed by atoms with van der Waals surface area (Å²) >= 11 is 0. The summed E-state index contributed by atoms with van der Waals surface area (Å²) in [6.45, 7) is 15.9. The Hall–Kier alpha value is -9.54. The topological polar surface area (TPSA) is 33.5 Å². The second-order valence-corrected chi connectivity index (χ2v) is 24.8. The molecule has 1 aliphatic carbocycles. The number of hydrogen-bond donors (Lipinski definition) is 0. The van der Waals surface area contributed by atoms with Crippen LogP contribution in [0.1, 0.15) is 74.9 Å². The van der Waals surface area contributed by atoms with Crippen LogP contribution >= 0.6 is 0 Å². The molecule has 0 fully saturated rings. The fourth-order valence-corrected chi connectivity index (χ4v) is 13.4. The number of anilines is 4. The van der Waals surface area contributed by atoms with Gasteiger partial charge in [0.15, 0.2) is 0 Å². The van der Waals surface area contributed by atoms with Gasteiger partial charge in [0.05, 0.1) is 0 Å². The van der Waals surface area contributed by atoms with Gasteiger partial charge >= 0.3 is 0 Å². The van der Waals surface area contributed by atoms with Gasteiger partial charge in [0, 0.05) is 83.4 Å². The number of rotatable bonds is 10. The fourth-order valence-electron chi connectivity index (χ4n) is 13.4. The van der Waals surface area contributed by atoms with Crippen LogP contribution in [0.2, 0.25) is 0 Å². The average molecular weight is 1300 g/mol. The number of aromatic nitrogens is 2. The number of benzene rings is 11. The van der Waals surface area contributed by atoms with Crippen molar-refractivity contribution in [3.63, 3.8) is 0 Å². The first-order valence-electron chi connectivity index (χ1n) is 29.8. The Morgan fingerprint density at radius 1 is 0.425 bits per heavy atom. The SMILES string of the molecule is CC(C)(C)c1ccnc(-n2c3[c-]c(Oc4[c-]c(N5[CH-]N(c6c(-c7ccccc7)cc(C(C)(C)C)cc6-c6ccccc6)c6ccccc65)cc(C5(c6ccccc6)c6ccccc6-c6ccccc65)c4)ccc3c3cccc(-c4ccccc4)c32)c1.[Pt]. The Balaban J connectivity index is 0.00000667. The van der Waals surface area contributed by atoms with Crippen molar-refractivity contribution in [3.05, 3.63) is 319 Å². The van der Waals surface area contributed by atoms with Crippen LogP contribution in [0.3, 0.4) is 0 Å². The minimum Gasteiger partial charge on any atom is -0.509 e. The Labute approximate surface area is 525 Å². The maximum atomic E-state index is 7.42. The molecule has 1 aliphatic heterocycles. The molecular formula is C81H63N4OPt-3. The third-order valence-corrected chi connectivity index (χ3v) is 17.5. The maximum absolute atomic E-state index is 7.42. The first kappa shape index (κ1) is 55.3. The largest absolute Gasteiger partial charge is 0.509 e. The normalized spacial score (nSPS) is 13.3. The molecular weight excluding hydrogens is 1240 g/mol. The van der Waals surface area contributed by atoms with E-state index in [2.05, 4.69) is 336 Å². The quantitative estimate of drug-likeness (QED) is 0.128. The number of ether oxygens (including phenoxy) is 1. The Morgan fingerprint density at radius 3 is 1.55 bits per heavy atom. The molecule has 0 N–H and O–H groups in total.